The van der Waals surface area contributed by atoms with Crippen LogP contribution in [0.5, 0.6) is 40.2 Å². The molecule has 9 rings (SSSR count). The normalized spacial score (nSPS) is 11.4. The van der Waals surface area contributed by atoms with Gasteiger partial charge in [-0.25, -0.2) is 14.4 Å². The van der Waals surface area contributed by atoms with Crippen LogP contribution in [0.25, 0.3) is 0 Å². The Balaban J connectivity index is 1.27. The molecule has 3 N–H and O–H groups in total. The summed E-state index contributed by atoms with van der Waals surface area (Å²) in [5, 5.41) is 25.5. The Morgan fingerprint density at radius 3 is 1.18 bits per heavy atom. The van der Waals surface area contributed by atoms with E-state index in [1.807, 2.05) is 158 Å². The number of halogens is 3. The summed E-state index contributed by atoms with van der Waals surface area (Å²) >= 11 is 0. The summed E-state index contributed by atoms with van der Waals surface area (Å²) in [6.07, 6.45) is -6.45. The van der Waals surface area contributed by atoms with Gasteiger partial charge in [-0.05, 0) is 70.1 Å². The standard InChI is InChI=1S/C67H56F3NO12/c68-67(69,70)52-32-19-33-53(35-52)83-66(76)71-38-51(59-56(65(74)75)37-58(78-40-46-22-9-2-10-23-46)62(81-43-49-28-15-5-16-29-49)63(59)82-44-50-30-17-6-18-31-50)34-54-55(64(72)73)36-57(77-39-45-20-7-1-8-21-45)61(80-42-48-26-13-4-14-27-48)60(54)79-41-47-24-11-3-12-25-47/h1-33,35-37,51H,34,38-44H2,(H,71,76)(H,72,73)(H,74,75). The molecule has 1 atom stereocenters. The number of rotatable bonds is 26. The second-order valence-electron chi connectivity index (χ2n) is 19.0. The Morgan fingerprint density at radius 1 is 0.422 bits per heavy atom. The number of amides is 1. The molecule has 13 nitrogen and oxygen atoms in total. The molecular formula is C67H56F3NO12. The van der Waals surface area contributed by atoms with Crippen LogP contribution >= 0.6 is 0 Å². The molecule has 0 saturated heterocycles. The zero-order valence-corrected chi connectivity index (χ0v) is 44.6. The third kappa shape index (κ3) is 15.8. The highest BCUT2D eigenvalue weighted by Crippen LogP contribution is 2.50. The average Bonchev–Trinajstić information content (AvgIpc) is 2.63. The van der Waals surface area contributed by atoms with E-state index < -0.39 is 60.0 Å². The van der Waals surface area contributed by atoms with E-state index in [0.717, 1.165) is 34.4 Å². The van der Waals surface area contributed by atoms with Gasteiger partial charge < -0.3 is 48.7 Å². The van der Waals surface area contributed by atoms with Gasteiger partial charge in [-0.1, -0.05) is 188 Å². The van der Waals surface area contributed by atoms with Crippen molar-refractivity contribution in [3.63, 3.8) is 0 Å². The molecule has 9 aromatic carbocycles. The van der Waals surface area contributed by atoms with E-state index in [1.165, 1.54) is 18.2 Å². The summed E-state index contributed by atoms with van der Waals surface area (Å²) in [7, 11) is 0. The van der Waals surface area contributed by atoms with Crippen LogP contribution < -0.4 is 38.5 Å². The summed E-state index contributed by atoms with van der Waals surface area (Å²) in [5.41, 5.74) is 2.37. The van der Waals surface area contributed by atoms with E-state index in [1.54, 1.807) is 24.3 Å². The molecule has 0 spiro atoms. The van der Waals surface area contributed by atoms with Crippen molar-refractivity contribution >= 4 is 18.0 Å². The van der Waals surface area contributed by atoms with Crippen molar-refractivity contribution in [3.05, 3.63) is 280 Å². The van der Waals surface area contributed by atoms with Gasteiger partial charge in [0.2, 0.25) is 11.5 Å². The molecule has 0 bridgehead atoms. The highest BCUT2D eigenvalue weighted by molar-refractivity contribution is 5.94. The Labute approximate surface area is 477 Å². The van der Waals surface area contributed by atoms with Crippen molar-refractivity contribution in [3.8, 4) is 40.2 Å². The molecule has 1 unspecified atom stereocenters. The van der Waals surface area contributed by atoms with Crippen molar-refractivity contribution in [2.75, 3.05) is 6.54 Å². The van der Waals surface area contributed by atoms with Crippen molar-refractivity contribution in [2.45, 2.75) is 58.2 Å². The molecule has 0 aliphatic carbocycles. The van der Waals surface area contributed by atoms with Crippen molar-refractivity contribution < 1.29 is 70.9 Å². The molecular weight excluding hydrogens is 1070 g/mol. The number of ether oxygens (including phenoxy) is 7. The largest absolute Gasteiger partial charge is 0.485 e. The smallest absolute Gasteiger partial charge is 0.416 e. The Kier molecular flexibility index (Phi) is 19.2. The topological polar surface area (TPSA) is 168 Å². The number of carboxylic acid groups (broad SMARTS) is 2. The van der Waals surface area contributed by atoms with E-state index in [4.69, 9.17) is 33.2 Å². The summed E-state index contributed by atoms with van der Waals surface area (Å²) < 4.78 is 87.0. The predicted molar refractivity (Wildman–Crippen MR) is 303 cm³/mol. The number of aromatic carboxylic acids is 2. The van der Waals surface area contributed by atoms with E-state index >= 15 is 0 Å². The molecule has 0 aliphatic rings. The van der Waals surface area contributed by atoms with Crippen LogP contribution in [0.1, 0.15) is 76.7 Å². The van der Waals surface area contributed by atoms with Crippen LogP contribution in [0.3, 0.4) is 0 Å². The molecule has 422 valence electrons. The van der Waals surface area contributed by atoms with Crippen LogP contribution in [0, 0.1) is 0 Å². The minimum Gasteiger partial charge on any atom is -0.485 e. The fraction of sp³-hybridized carbons (Fsp3) is 0.149. The van der Waals surface area contributed by atoms with Gasteiger partial charge in [0.25, 0.3) is 0 Å². The second kappa shape index (κ2) is 27.8. The molecule has 0 aliphatic heterocycles. The number of carbonyl (C=O) groups is 3. The number of hydrogen-bond acceptors (Lipinski definition) is 10. The molecule has 1 amide bonds. The fourth-order valence-electron chi connectivity index (χ4n) is 9.04. The van der Waals surface area contributed by atoms with Crippen LogP contribution in [0.2, 0.25) is 0 Å². The van der Waals surface area contributed by atoms with Gasteiger partial charge in [0, 0.05) is 23.6 Å². The SMILES string of the molecule is O=C(NCC(Cc1c(C(=O)O)cc(OCc2ccccc2)c(OCc2ccccc2)c1OCc1ccccc1)c1c(C(=O)O)cc(OCc2ccccc2)c(OCc2ccccc2)c1OCc1ccccc1)Oc1cccc(C(F)(F)F)c1. The summed E-state index contributed by atoms with van der Waals surface area (Å²) in [6, 6.07) is 61.1. The first-order chi connectivity index (χ1) is 40.4. The number of carboxylic acids is 2. The van der Waals surface area contributed by atoms with Crippen LogP contribution in [0.4, 0.5) is 18.0 Å². The van der Waals surface area contributed by atoms with Crippen LogP contribution in [0.15, 0.2) is 218 Å². The Bertz CT molecular complexity index is 3590. The lowest BCUT2D eigenvalue weighted by atomic mass is 9.85. The number of hydrogen-bond donors (Lipinski definition) is 3. The van der Waals surface area contributed by atoms with Gasteiger partial charge in [-0.3, -0.25) is 0 Å². The third-order valence-corrected chi connectivity index (χ3v) is 13.1. The lowest BCUT2D eigenvalue weighted by Crippen LogP contribution is -2.33. The highest BCUT2D eigenvalue weighted by Gasteiger charge is 2.36. The van der Waals surface area contributed by atoms with Gasteiger partial charge >= 0.3 is 24.2 Å². The Hall–Kier alpha value is -10.2. The maximum absolute atomic E-state index is 14.1. The minimum atomic E-state index is -4.77. The van der Waals surface area contributed by atoms with Gasteiger partial charge in [-0.15, -0.1) is 0 Å². The minimum absolute atomic E-state index is 0.00274. The molecule has 0 fully saturated rings. The zero-order chi connectivity index (χ0) is 58.0. The summed E-state index contributed by atoms with van der Waals surface area (Å²) in [6.45, 7) is -1.03. The molecule has 0 saturated carbocycles. The predicted octanol–water partition coefficient (Wildman–Crippen LogP) is 14.7. The van der Waals surface area contributed by atoms with Crippen molar-refractivity contribution in [2.24, 2.45) is 0 Å². The lowest BCUT2D eigenvalue weighted by Gasteiger charge is -2.28. The van der Waals surface area contributed by atoms with E-state index in [0.29, 0.717) is 17.2 Å². The summed E-state index contributed by atoms with van der Waals surface area (Å²) in [5.74, 6) is -4.99. The molecule has 0 heterocycles. The zero-order valence-electron chi connectivity index (χ0n) is 44.6. The number of carbonyl (C=O) groups excluding carboxylic acids is 1. The first kappa shape index (κ1) is 57.5. The van der Waals surface area contributed by atoms with Gasteiger partial charge in [0.15, 0.2) is 23.0 Å². The first-order valence-electron chi connectivity index (χ1n) is 26.4. The average molecular weight is 1120 g/mol. The quantitative estimate of drug-likeness (QED) is 0.0470. The Morgan fingerprint density at radius 2 is 0.783 bits per heavy atom. The number of nitrogens with one attached hydrogen (secondary N) is 1. The number of benzene rings is 9. The van der Waals surface area contributed by atoms with Crippen LogP contribution in [-0.4, -0.2) is 34.8 Å². The molecule has 0 aromatic heterocycles. The van der Waals surface area contributed by atoms with E-state index in [9.17, 15) is 37.8 Å². The summed E-state index contributed by atoms with van der Waals surface area (Å²) in [4.78, 5) is 42.1. The van der Waals surface area contributed by atoms with Crippen molar-refractivity contribution in [1.82, 2.24) is 5.32 Å². The van der Waals surface area contributed by atoms with Crippen molar-refractivity contribution in [1.29, 1.82) is 0 Å². The van der Waals surface area contributed by atoms with Gasteiger partial charge in [0.1, 0.15) is 45.4 Å². The van der Waals surface area contributed by atoms with E-state index in [2.05, 4.69) is 5.32 Å². The van der Waals surface area contributed by atoms with Crippen LogP contribution in [-0.2, 0) is 52.2 Å². The fourth-order valence-corrected chi connectivity index (χ4v) is 9.04. The number of alkyl halides is 3. The monoisotopic (exact) mass is 1120 g/mol. The van der Waals surface area contributed by atoms with Gasteiger partial charge in [-0.2, -0.15) is 13.2 Å². The maximum Gasteiger partial charge on any atom is 0.416 e. The molecule has 83 heavy (non-hydrogen) atoms. The molecule has 16 heteroatoms. The van der Waals surface area contributed by atoms with Gasteiger partial charge in [0.05, 0.1) is 16.7 Å². The lowest BCUT2D eigenvalue weighted by molar-refractivity contribution is -0.137. The van der Waals surface area contributed by atoms with E-state index in [-0.39, 0.29) is 90.8 Å². The third-order valence-electron chi connectivity index (χ3n) is 13.1. The molecule has 9 aromatic rings. The second-order valence-corrected chi connectivity index (χ2v) is 19.0. The highest BCUT2D eigenvalue weighted by atomic mass is 19.4. The first-order valence-corrected chi connectivity index (χ1v) is 26.4. The maximum atomic E-state index is 14.1. The molecule has 0 radical (unpaired) electrons.